The summed E-state index contributed by atoms with van der Waals surface area (Å²) in [6.07, 6.45) is 12.4. The van der Waals surface area contributed by atoms with Crippen molar-refractivity contribution < 1.29 is 15.0 Å². The third-order valence-corrected chi connectivity index (χ3v) is 5.64. The number of nitrogens with zero attached hydrogens (tertiary/aromatic N) is 2. The van der Waals surface area contributed by atoms with Crippen molar-refractivity contribution in [3.8, 4) is 0 Å². The van der Waals surface area contributed by atoms with Gasteiger partial charge in [0.25, 0.3) is 0 Å². The summed E-state index contributed by atoms with van der Waals surface area (Å²) in [6, 6.07) is 0.160. The van der Waals surface area contributed by atoms with Crippen LogP contribution >= 0.6 is 0 Å². The highest BCUT2D eigenvalue weighted by Crippen LogP contribution is 2.29. The molecule has 2 fully saturated rings. The third kappa shape index (κ3) is 4.57. The Morgan fingerprint density at radius 2 is 2.04 bits per heavy atom. The van der Waals surface area contributed by atoms with Gasteiger partial charge in [0.05, 0.1) is 17.9 Å². The van der Waals surface area contributed by atoms with Crippen molar-refractivity contribution in [1.29, 1.82) is 0 Å². The molecule has 134 valence electrons. The SMILES string of the molecule is O=C(O)c1cnn(CC2C[C@@H](O)[C@H](NCCC3CCCCC3)C2)c1. The fraction of sp³-hybridized carbons (Fsp3) is 0.778. The van der Waals surface area contributed by atoms with Crippen molar-refractivity contribution in [3.05, 3.63) is 18.0 Å². The summed E-state index contributed by atoms with van der Waals surface area (Å²) in [5.41, 5.74) is 0.218. The Bertz CT molecular complexity index is 539. The predicted octanol–water partition coefficient (Wildman–Crippen LogP) is 2.28. The number of aromatic carboxylic acids is 1. The van der Waals surface area contributed by atoms with Gasteiger partial charge in [-0.05, 0) is 37.6 Å². The fourth-order valence-electron chi connectivity index (χ4n) is 4.27. The molecule has 24 heavy (non-hydrogen) atoms. The molecule has 1 aromatic heterocycles. The number of carbonyl (C=O) groups is 1. The van der Waals surface area contributed by atoms with E-state index in [0.29, 0.717) is 12.5 Å². The van der Waals surface area contributed by atoms with E-state index in [1.165, 1.54) is 44.7 Å². The molecule has 6 nitrogen and oxygen atoms in total. The number of nitrogens with one attached hydrogen (secondary N) is 1. The molecule has 2 aliphatic rings. The Morgan fingerprint density at radius 3 is 2.75 bits per heavy atom. The first-order valence-corrected chi connectivity index (χ1v) is 9.29. The lowest BCUT2D eigenvalue weighted by Gasteiger charge is -2.23. The largest absolute Gasteiger partial charge is 0.478 e. The molecule has 0 amide bonds. The minimum Gasteiger partial charge on any atom is -0.478 e. The van der Waals surface area contributed by atoms with Crippen molar-refractivity contribution in [2.45, 2.75) is 70.1 Å². The summed E-state index contributed by atoms with van der Waals surface area (Å²) >= 11 is 0. The molecule has 1 aromatic rings. The average molecular weight is 335 g/mol. The molecular formula is C18H29N3O3. The number of carboxylic acid groups (broad SMARTS) is 1. The molecule has 1 heterocycles. The number of rotatable bonds is 7. The molecule has 3 atom stereocenters. The maximum absolute atomic E-state index is 10.9. The van der Waals surface area contributed by atoms with Gasteiger partial charge in [0.1, 0.15) is 0 Å². The fourth-order valence-corrected chi connectivity index (χ4v) is 4.27. The van der Waals surface area contributed by atoms with Crippen molar-refractivity contribution in [2.24, 2.45) is 11.8 Å². The van der Waals surface area contributed by atoms with Gasteiger partial charge in [0, 0.05) is 18.8 Å². The Hall–Kier alpha value is -1.40. The average Bonchev–Trinajstić information content (AvgIpc) is 3.16. The van der Waals surface area contributed by atoms with E-state index in [1.807, 2.05) is 0 Å². The van der Waals surface area contributed by atoms with Gasteiger partial charge in [-0.3, -0.25) is 4.68 Å². The number of aliphatic hydroxyl groups excluding tert-OH is 1. The maximum atomic E-state index is 10.9. The summed E-state index contributed by atoms with van der Waals surface area (Å²) in [5, 5.41) is 26.9. The first-order valence-electron chi connectivity index (χ1n) is 9.29. The number of aromatic nitrogens is 2. The van der Waals surface area contributed by atoms with Gasteiger partial charge in [-0.25, -0.2) is 4.79 Å². The van der Waals surface area contributed by atoms with E-state index in [2.05, 4.69) is 10.4 Å². The van der Waals surface area contributed by atoms with Crippen LogP contribution in [0.3, 0.4) is 0 Å². The highest BCUT2D eigenvalue weighted by atomic mass is 16.4. The van der Waals surface area contributed by atoms with Crippen molar-refractivity contribution in [2.75, 3.05) is 6.54 Å². The molecule has 6 heteroatoms. The zero-order chi connectivity index (χ0) is 16.9. The molecule has 0 bridgehead atoms. The van der Waals surface area contributed by atoms with Gasteiger partial charge in [-0.1, -0.05) is 32.1 Å². The topological polar surface area (TPSA) is 87.4 Å². The quantitative estimate of drug-likeness (QED) is 0.711. The smallest absolute Gasteiger partial charge is 0.338 e. The molecule has 3 N–H and O–H groups in total. The first-order chi connectivity index (χ1) is 11.6. The predicted molar refractivity (Wildman–Crippen MR) is 90.9 cm³/mol. The van der Waals surface area contributed by atoms with Crippen LogP contribution in [-0.2, 0) is 6.54 Å². The minimum absolute atomic E-state index is 0.160. The van der Waals surface area contributed by atoms with Gasteiger partial charge in [0.15, 0.2) is 0 Å². The first kappa shape index (κ1) is 17.4. The van der Waals surface area contributed by atoms with E-state index in [-0.39, 0.29) is 17.7 Å². The summed E-state index contributed by atoms with van der Waals surface area (Å²) < 4.78 is 1.69. The number of carboxylic acids is 1. The van der Waals surface area contributed by atoms with Crippen LogP contribution in [0, 0.1) is 11.8 Å². The van der Waals surface area contributed by atoms with E-state index < -0.39 is 5.97 Å². The standard InChI is InChI=1S/C18H29N3O3/c22-17-9-14(11-21-12-15(10-20-21)18(23)24)8-16(17)19-7-6-13-4-2-1-3-5-13/h10,12-14,16-17,19,22H,1-9,11H2,(H,23,24)/t14?,16-,17-/m1/s1. The van der Waals surface area contributed by atoms with E-state index in [9.17, 15) is 9.90 Å². The number of hydrogen-bond donors (Lipinski definition) is 3. The number of hydrogen-bond acceptors (Lipinski definition) is 4. The van der Waals surface area contributed by atoms with E-state index >= 15 is 0 Å². The summed E-state index contributed by atoms with van der Waals surface area (Å²) in [7, 11) is 0. The number of aliphatic hydroxyl groups is 1. The summed E-state index contributed by atoms with van der Waals surface area (Å²) in [5.74, 6) is 0.253. The molecule has 3 rings (SSSR count). The zero-order valence-corrected chi connectivity index (χ0v) is 14.2. The maximum Gasteiger partial charge on any atom is 0.338 e. The van der Waals surface area contributed by atoms with E-state index in [4.69, 9.17) is 5.11 Å². The molecule has 2 aliphatic carbocycles. The molecule has 1 unspecified atom stereocenters. The van der Waals surface area contributed by atoms with Gasteiger partial charge >= 0.3 is 5.97 Å². The summed E-state index contributed by atoms with van der Waals surface area (Å²) in [6.45, 7) is 1.66. The summed E-state index contributed by atoms with van der Waals surface area (Å²) in [4.78, 5) is 10.9. The van der Waals surface area contributed by atoms with Crippen LogP contribution in [0.4, 0.5) is 0 Å². The van der Waals surface area contributed by atoms with Crippen LogP contribution in [0.5, 0.6) is 0 Å². The molecule has 0 radical (unpaired) electrons. The van der Waals surface area contributed by atoms with Crippen LogP contribution in [0.25, 0.3) is 0 Å². The minimum atomic E-state index is -0.949. The second-order valence-corrected chi connectivity index (χ2v) is 7.51. The normalized spacial score (nSPS) is 28.3. The second kappa shape index (κ2) is 8.12. The van der Waals surface area contributed by atoms with Crippen molar-refractivity contribution in [3.63, 3.8) is 0 Å². The van der Waals surface area contributed by atoms with Crippen LogP contribution < -0.4 is 5.32 Å². The van der Waals surface area contributed by atoms with Crippen LogP contribution in [0.2, 0.25) is 0 Å². The highest BCUT2D eigenvalue weighted by Gasteiger charge is 2.33. The highest BCUT2D eigenvalue weighted by molar-refractivity contribution is 5.86. The Kier molecular flexibility index (Phi) is 5.89. The van der Waals surface area contributed by atoms with Gasteiger partial charge in [0.2, 0.25) is 0 Å². The van der Waals surface area contributed by atoms with Gasteiger partial charge < -0.3 is 15.5 Å². The molecule has 2 saturated carbocycles. The molecule has 0 spiro atoms. The lowest BCUT2D eigenvalue weighted by Crippen LogP contribution is -2.36. The molecule has 0 aromatic carbocycles. The van der Waals surface area contributed by atoms with Crippen LogP contribution in [-0.4, -0.2) is 44.7 Å². The molecule has 0 aliphatic heterocycles. The Balaban J connectivity index is 1.41. The third-order valence-electron chi connectivity index (χ3n) is 5.64. The molecule has 0 saturated heterocycles. The Labute approximate surface area is 143 Å². The van der Waals surface area contributed by atoms with Crippen molar-refractivity contribution in [1.82, 2.24) is 15.1 Å². The van der Waals surface area contributed by atoms with Crippen molar-refractivity contribution >= 4 is 5.97 Å². The van der Waals surface area contributed by atoms with Gasteiger partial charge in [-0.15, -0.1) is 0 Å². The lowest BCUT2D eigenvalue weighted by atomic mass is 9.87. The Morgan fingerprint density at radius 1 is 1.25 bits per heavy atom. The monoisotopic (exact) mass is 335 g/mol. The van der Waals surface area contributed by atoms with E-state index in [1.54, 1.807) is 10.9 Å². The second-order valence-electron chi connectivity index (χ2n) is 7.51. The van der Waals surface area contributed by atoms with Gasteiger partial charge in [-0.2, -0.15) is 5.10 Å². The van der Waals surface area contributed by atoms with Crippen LogP contribution in [0.15, 0.2) is 12.4 Å². The van der Waals surface area contributed by atoms with Crippen LogP contribution in [0.1, 0.15) is 61.7 Å². The zero-order valence-electron chi connectivity index (χ0n) is 14.2. The van der Waals surface area contributed by atoms with E-state index in [0.717, 1.165) is 25.3 Å². The lowest BCUT2D eigenvalue weighted by molar-refractivity contribution is 0.0696. The molecular weight excluding hydrogens is 306 g/mol.